The summed E-state index contributed by atoms with van der Waals surface area (Å²) >= 11 is 0. The molecule has 0 spiro atoms. The van der Waals surface area contributed by atoms with Crippen LogP contribution >= 0.6 is 0 Å². The summed E-state index contributed by atoms with van der Waals surface area (Å²) in [6, 6.07) is 11.3. The highest BCUT2D eigenvalue weighted by atomic mass is 32.2. The molecule has 2 aromatic rings. The molecule has 1 aliphatic rings. The lowest BCUT2D eigenvalue weighted by Crippen LogP contribution is -2.12. The van der Waals surface area contributed by atoms with Crippen LogP contribution in [-0.2, 0) is 9.84 Å². The largest absolute Gasteiger partial charge is 0.455 e. The van der Waals surface area contributed by atoms with Crippen molar-refractivity contribution >= 4 is 9.84 Å². The van der Waals surface area contributed by atoms with E-state index < -0.39 is 15.9 Å². The second-order valence-corrected chi connectivity index (χ2v) is 6.57. The molecular weight excluding hydrogens is 276 g/mol. The summed E-state index contributed by atoms with van der Waals surface area (Å²) in [4.78, 5) is 0.275. The Bertz CT molecular complexity index is 765. The fourth-order valence-electron chi connectivity index (χ4n) is 2.26. The molecule has 2 aromatic carbocycles. The Kier molecular flexibility index (Phi) is 3.03. The molecule has 1 atom stereocenters. The van der Waals surface area contributed by atoms with Crippen LogP contribution in [0.1, 0.15) is 25.0 Å². The maximum absolute atomic E-state index is 12.6. The molecule has 1 aliphatic heterocycles. The summed E-state index contributed by atoms with van der Waals surface area (Å²) in [5, 5.41) is 9.86. The van der Waals surface area contributed by atoms with E-state index in [1.807, 2.05) is 6.92 Å². The van der Waals surface area contributed by atoms with Crippen molar-refractivity contribution < 1.29 is 18.3 Å². The van der Waals surface area contributed by atoms with Crippen molar-refractivity contribution in [2.75, 3.05) is 0 Å². The SMILES string of the molecule is CC[C@@H](O)c1ccc2c(c1)S(=O)(=O)c1ccccc1O2. The van der Waals surface area contributed by atoms with Crippen LogP contribution in [-0.4, -0.2) is 13.5 Å². The minimum absolute atomic E-state index is 0.112. The molecule has 3 rings (SSSR count). The van der Waals surface area contributed by atoms with Gasteiger partial charge in [-0.15, -0.1) is 0 Å². The average Bonchev–Trinajstić information content (AvgIpc) is 2.46. The van der Waals surface area contributed by atoms with E-state index >= 15 is 0 Å². The maximum Gasteiger partial charge on any atom is 0.213 e. The van der Waals surface area contributed by atoms with E-state index in [1.54, 1.807) is 30.3 Å². The van der Waals surface area contributed by atoms with Crippen molar-refractivity contribution in [3.63, 3.8) is 0 Å². The maximum atomic E-state index is 12.6. The van der Waals surface area contributed by atoms with E-state index in [-0.39, 0.29) is 9.79 Å². The van der Waals surface area contributed by atoms with Gasteiger partial charge in [0.15, 0.2) is 0 Å². The van der Waals surface area contributed by atoms with Crippen LogP contribution in [0, 0.1) is 0 Å². The lowest BCUT2D eigenvalue weighted by Gasteiger charge is -2.21. The molecule has 20 heavy (non-hydrogen) atoms. The van der Waals surface area contributed by atoms with Gasteiger partial charge in [0.25, 0.3) is 0 Å². The number of hydrogen-bond acceptors (Lipinski definition) is 4. The Morgan fingerprint density at radius 3 is 2.55 bits per heavy atom. The zero-order valence-electron chi connectivity index (χ0n) is 10.9. The van der Waals surface area contributed by atoms with Crippen LogP contribution in [0.2, 0.25) is 0 Å². The molecule has 5 heteroatoms. The lowest BCUT2D eigenvalue weighted by molar-refractivity contribution is 0.173. The minimum Gasteiger partial charge on any atom is -0.455 e. The van der Waals surface area contributed by atoms with Gasteiger partial charge in [0.05, 0.1) is 6.10 Å². The predicted octanol–water partition coefficient (Wildman–Crippen LogP) is 3.07. The zero-order valence-corrected chi connectivity index (χ0v) is 11.7. The van der Waals surface area contributed by atoms with Crippen LogP contribution in [0.5, 0.6) is 11.5 Å². The lowest BCUT2D eigenvalue weighted by atomic mass is 10.1. The number of aliphatic hydroxyl groups is 1. The molecule has 0 aromatic heterocycles. The van der Waals surface area contributed by atoms with Gasteiger partial charge >= 0.3 is 0 Å². The highest BCUT2D eigenvalue weighted by Crippen LogP contribution is 2.43. The summed E-state index contributed by atoms with van der Waals surface area (Å²) in [6.07, 6.45) is -0.149. The monoisotopic (exact) mass is 290 g/mol. The molecule has 0 saturated carbocycles. The zero-order chi connectivity index (χ0) is 14.3. The van der Waals surface area contributed by atoms with E-state index in [9.17, 15) is 13.5 Å². The number of ether oxygens (including phenoxy) is 1. The van der Waals surface area contributed by atoms with Gasteiger partial charge in [-0.05, 0) is 36.2 Å². The van der Waals surface area contributed by atoms with Gasteiger partial charge in [0, 0.05) is 0 Å². The quantitative estimate of drug-likeness (QED) is 0.788. The number of fused-ring (bicyclic) bond motifs is 2. The van der Waals surface area contributed by atoms with Crippen LogP contribution < -0.4 is 4.74 Å². The number of benzene rings is 2. The van der Waals surface area contributed by atoms with Crippen LogP contribution in [0.3, 0.4) is 0 Å². The fourth-order valence-corrected chi connectivity index (χ4v) is 3.79. The van der Waals surface area contributed by atoms with E-state index in [0.29, 0.717) is 23.5 Å². The summed E-state index contributed by atoms with van der Waals surface area (Å²) < 4.78 is 30.8. The third kappa shape index (κ3) is 1.90. The summed E-state index contributed by atoms with van der Waals surface area (Å²) in [7, 11) is -3.60. The van der Waals surface area contributed by atoms with Gasteiger partial charge in [-0.1, -0.05) is 25.1 Å². The first-order valence-corrected chi connectivity index (χ1v) is 7.86. The standard InChI is InChI=1S/C15H14O4S/c1-2-11(16)10-7-8-13-15(9-10)20(17,18)14-6-4-3-5-12(14)19-13/h3-9,11,16H,2H2,1H3/t11-/m1/s1. The first-order chi connectivity index (χ1) is 9.54. The van der Waals surface area contributed by atoms with Crippen molar-refractivity contribution in [3.05, 3.63) is 48.0 Å². The van der Waals surface area contributed by atoms with E-state index in [4.69, 9.17) is 4.74 Å². The van der Waals surface area contributed by atoms with Crippen LogP contribution in [0.15, 0.2) is 52.3 Å². The number of sulfone groups is 1. The highest BCUT2D eigenvalue weighted by molar-refractivity contribution is 7.91. The van der Waals surface area contributed by atoms with Gasteiger partial charge in [0.1, 0.15) is 21.3 Å². The third-order valence-electron chi connectivity index (χ3n) is 3.39. The molecule has 1 heterocycles. The number of para-hydroxylation sites is 1. The van der Waals surface area contributed by atoms with Crippen molar-refractivity contribution in [3.8, 4) is 11.5 Å². The normalized spacial score (nSPS) is 16.7. The fraction of sp³-hybridized carbons (Fsp3) is 0.200. The van der Waals surface area contributed by atoms with Crippen molar-refractivity contribution in [2.24, 2.45) is 0 Å². The summed E-state index contributed by atoms with van der Waals surface area (Å²) in [5.74, 6) is 0.638. The molecule has 0 saturated heterocycles. The van der Waals surface area contributed by atoms with Crippen LogP contribution in [0.25, 0.3) is 0 Å². The third-order valence-corrected chi connectivity index (χ3v) is 5.20. The van der Waals surface area contributed by atoms with Gasteiger partial charge in [-0.3, -0.25) is 0 Å². The second kappa shape index (κ2) is 4.61. The van der Waals surface area contributed by atoms with E-state index in [0.717, 1.165) is 0 Å². The van der Waals surface area contributed by atoms with Crippen molar-refractivity contribution in [2.45, 2.75) is 29.2 Å². The van der Waals surface area contributed by atoms with Crippen LogP contribution in [0.4, 0.5) is 0 Å². The molecule has 0 amide bonds. The Balaban J connectivity index is 2.20. The average molecular weight is 290 g/mol. The predicted molar refractivity (Wildman–Crippen MR) is 73.7 cm³/mol. The van der Waals surface area contributed by atoms with Crippen molar-refractivity contribution in [1.82, 2.24) is 0 Å². The molecule has 104 valence electrons. The Labute approximate surface area is 117 Å². The summed E-state index contributed by atoms with van der Waals surface area (Å²) in [6.45, 7) is 1.84. The van der Waals surface area contributed by atoms with Gasteiger partial charge in [-0.25, -0.2) is 8.42 Å². The van der Waals surface area contributed by atoms with Crippen molar-refractivity contribution in [1.29, 1.82) is 0 Å². The van der Waals surface area contributed by atoms with Gasteiger partial charge in [0.2, 0.25) is 9.84 Å². The topological polar surface area (TPSA) is 63.6 Å². The smallest absolute Gasteiger partial charge is 0.213 e. The molecular formula is C15H14O4S. The number of aliphatic hydroxyl groups excluding tert-OH is 1. The Morgan fingerprint density at radius 2 is 1.80 bits per heavy atom. The molecule has 1 N–H and O–H groups in total. The molecule has 0 unspecified atom stereocenters. The van der Waals surface area contributed by atoms with E-state index in [2.05, 4.69) is 0 Å². The van der Waals surface area contributed by atoms with Gasteiger partial charge < -0.3 is 9.84 Å². The first kappa shape index (κ1) is 13.1. The number of rotatable bonds is 2. The minimum atomic E-state index is -3.60. The molecule has 0 bridgehead atoms. The highest BCUT2D eigenvalue weighted by Gasteiger charge is 2.31. The molecule has 0 fully saturated rings. The first-order valence-electron chi connectivity index (χ1n) is 6.38. The number of hydrogen-bond donors (Lipinski definition) is 1. The second-order valence-electron chi connectivity index (χ2n) is 4.68. The summed E-state index contributed by atoms with van der Waals surface area (Å²) in [5.41, 5.74) is 0.581. The molecule has 4 nitrogen and oxygen atoms in total. The molecule has 0 radical (unpaired) electrons. The Hall–Kier alpha value is -1.85. The molecule has 0 aliphatic carbocycles. The van der Waals surface area contributed by atoms with E-state index in [1.165, 1.54) is 12.1 Å². The Morgan fingerprint density at radius 1 is 1.10 bits per heavy atom. The van der Waals surface area contributed by atoms with Gasteiger partial charge in [-0.2, -0.15) is 0 Å².